The molecule has 7 heteroatoms. The van der Waals surface area contributed by atoms with Crippen LogP contribution in [0.2, 0.25) is 0 Å². The fraction of sp³-hybridized carbons (Fsp3) is 0.500. The van der Waals surface area contributed by atoms with Crippen LogP contribution >= 0.6 is 12.4 Å². The minimum Gasteiger partial charge on any atom is -0.481 e. The number of halogens is 4. The molecule has 0 aliphatic rings. The molecule has 0 bridgehead atoms. The van der Waals surface area contributed by atoms with E-state index in [9.17, 15) is 13.2 Å². The predicted molar refractivity (Wildman–Crippen MR) is 60.3 cm³/mol. The van der Waals surface area contributed by atoms with Crippen molar-refractivity contribution in [1.29, 1.82) is 0 Å². The summed E-state index contributed by atoms with van der Waals surface area (Å²) in [5, 5.41) is 0. The Bertz CT molecular complexity index is 329. The number of rotatable bonds is 4. The molecule has 17 heavy (non-hydrogen) atoms. The summed E-state index contributed by atoms with van der Waals surface area (Å²) >= 11 is 0. The molecule has 0 aromatic carbocycles. The first-order valence-corrected chi connectivity index (χ1v) is 4.74. The Morgan fingerprint density at radius 1 is 1.41 bits per heavy atom. The molecule has 1 aromatic rings. The highest BCUT2D eigenvalue weighted by Gasteiger charge is 2.27. The maximum atomic E-state index is 12.0. The van der Waals surface area contributed by atoms with E-state index in [2.05, 4.69) is 4.98 Å². The van der Waals surface area contributed by atoms with E-state index >= 15 is 0 Å². The third kappa shape index (κ3) is 5.74. The average molecular weight is 271 g/mol. The zero-order chi connectivity index (χ0) is 12.2. The maximum absolute atomic E-state index is 12.0. The number of hydrogen-bond donors (Lipinski definition) is 1. The molecule has 1 rings (SSSR count). The van der Waals surface area contributed by atoms with Gasteiger partial charge in [-0.1, -0.05) is 6.07 Å². The lowest BCUT2D eigenvalue weighted by Crippen LogP contribution is -2.15. The van der Waals surface area contributed by atoms with Crippen LogP contribution in [-0.4, -0.2) is 18.3 Å². The molecule has 2 N–H and O–H groups in total. The number of nitrogens with two attached hydrogens (primary N) is 1. The molecule has 98 valence electrons. The van der Waals surface area contributed by atoms with Crippen LogP contribution in [0.3, 0.4) is 0 Å². The molecular weight excluding hydrogens is 257 g/mol. The summed E-state index contributed by atoms with van der Waals surface area (Å²) in [6.45, 7) is 0. The number of methoxy groups -OCH3 is 1. The second kappa shape index (κ2) is 6.66. The molecule has 0 fully saturated rings. The van der Waals surface area contributed by atoms with Crippen molar-refractivity contribution in [2.24, 2.45) is 5.73 Å². The second-order valence-electron chi connectivity index (χ2n) is 3.39. The SMILES string of the molecule is COc1ccc([C@@H](N)CCC(F)(F)F)cn1.Cl. The molecule has 0 spiro atoms. The summed E-state index contributed by atoms with van der Waals surface area (Å²) in [6.07, 6.45) is -3.77. The third-order valence-electron chi connectivity index (χ3n) is 2.14. The summed E-state index contributed by atoms with van der Waals surface area (Å²) in [5.41, 5.74) is 6.19. The first kappa shape index (κ1) is 16.0. The molecule has 0 amide bonds. The zero-order valence-electron chi connectivity index (χ0n) is 9.20. The Balaban J connectivity index is 0.00000256. The Labute approximate surface area is 104 Å². The Hall–Kier alpha value is -1.01. The minimum absolute atomic E-state index is 0. The van der Waals surface area contributed by atoms with E-state index < -0.39 is 18.6 Å². The molecule has 0 saturated heterocycles. The molecule has 1 aromatic heterocycles. The molecule has 3 nitrogen and oxygen atoms in total. The van der Waals surface area contributed by atoms with Gasteiger partial charge in [0, 0.05) is 24.7 Å². The summed E-state index contributed by atoms with van der Waals surface area (Å²) < 4.78 is 40.7. The molecule has 0 aliphatic carbocycles. The van der Waals surface area contributed by atoms with E-state index in [0.29, 0.717) is 11.4 Å². The largest absolute Gasteiger partial charge is 0.481 e. The summed E-state index contributed by atoms with van der Waals surface area (Å²) in [5.74, 6) is 0.409. The van der Waals surface area contributed by atoms with E-state index in [1.807, 2.05) is 0 Å². The van der Waals surface area contributed by atoms with Gasteiger partial charge in [0.1, 0.15) is 0 Å². The van der Waals surface area contributed by atoms with Crippen molar-refractivity contribution in [2.75, 3.05) is 7.11 Å². The lowest BCUT2D eigenvalue weighted by atomic mass is 10.1. The van der Waals surface area contributed by atoms with Crippen LogP contribution in [0, 0.1) is 0 Å². The van der Waals surface area contributed by atoms with Crippen molar-refractivity contribution in [3.8, 4) is 5.88 Å². The number of alkyl halides is 3. The number of hydrogen-bond acceptors (Lipinski definition) is 3. The molecule has 1 atom stereocenters. The summed E-state index contributed by atoms with van der Waals surface area (Å²) in [4.78, 5) is 3.88. The normalized spacial score (nSPS) is 12.8. The number of aromatic nitrogens is 1. The van der Waals surface area contributed by atoms with Gasteiger partial charge in [-0.3, -0.25) is 0 Å². The molecular formula is C10H14ClF3N2O. The molecule has 0 radical (unpaired) electrons. The molecule has 0 unspecified atom stereocenters. The highest BCUT2D eigenvalue weighted by atomic mass is 35.5. The van der Waals surface area contributed by atoms with Crippen LogP contribution < -0.4 is 10.5 Å². The highest BCUT2D eigenvalue weighted by molar-refractivity contribution is 5.85. The number of pyridine rings is 1. The van der Waals surface area contributed by atoms with Crippen LogP contribution in [0.4, 0.5) is 13.2 Å². The average Bonchev–Trinajstić information content (AvgIpc) is 2.25. The van der Waals surface area contributed by atoms with Crippen molar-refractivity contribution < 1.29 is 17.9 Å². The van der Waals surface area contributed by atoms with Gasteiger partial charge in [-0.05, 0) is 12.0 Å². The van der Waals surface area contributed by atoms with Gasteiger partial charge in [-0.15, -0.1) is 12.4 Å². The van der Waals surface area contributed by atoms with Crippen LogP contribution in [0.25, 0.3) is 0 Å². The van der Waals surface area contributed by atoms with Gasteiger partial charge in [-0.25, -0.2) is 4.98 Å². The fourth-order valence-corrected chi connectivity index (χ4v) is 1.22. The van der Waals surface area contributed by atoms with E-state index in [-0.39, 0.29) is 18.8 Å². The van der Waals surface area contributed by atoms with Gasteiger partial charge in [-0.2, -0.15) is 13.2 Å². The molecule has 0 aliphatic heterocycles. The van der Waals surface area contributed by atoms with Crippen molar-refractivity contribution in [1.82, 2.24) is 4.98 Å². The van der Waals surface area contributed by atoms with Gasteiger partial charge in [0.05, 0.1) is 7.11 Å². The standard InChI is InChI=1S/C10H13F3N2O.ClH/c1-16-9-3-2-7(6-15-9)8(14)4-5-10(11,12)13;/h2-3,6,8H,4-5,14H2,1H3;1H/t8-;/m0./s1. The van der Waals surface area contributed by atoms with E-state index in [1.54, 1.807) is 12.1 Å². The Morgan fingerprint density at radius 2 is 2.06 bits per heavy atom. The molecule has 0 saturated carbocycles. The number of ether oxygens (including phenoxy) is 1. The summed E-state index contributed by atoms with van der Waals surface area (Å²) in [7, 11) is 1.46. The minimum atomic E-state index is -4.17. The third-order valence-corrected chi connectivity index (χ3v) is 2.14. The van der Waals surface area contributed by atoms with Crippen LogP contribution in [0.5, 0.6) is 5.88 Å². The monoisotopic (exact) mass is 270 g/mol. The van der Waals surface area contributed by atoms with Gasteiger partial charge >= 0.3 is 6.18 Å². The lowest BCUT2D eigenvalue weighted by Gasteiger charge is -2.13. The zero-order valence-corrected chi connectivity index (χ0v) is 10.0. The molecule has 1 heterocycles. The predicted octanol–water partition coefficient (Wildman–Crippen LogP) is 2.85. The van der Waals surface area contributed by atoms with Gasteiger partial charge < -0.3 is 10.5 Å². The number of nitrogens with zero attached hydrogens (tertiary/aromatic N) is 1. The van der Waals surface area contributed by atoms with Gasteiger partial charge in [0.15, 0.2) is 0 Å². The fourth-order valence-electron chi connectivity index (χ4n) is 1.22. The maximum Gasteiger partial charge on any atom is 0.389 e. The van der Waals surface area contributed by atoms with Crippen LogP contribution in [0.15, 0.2) is 18.3 Å². The van der Waals surface area contributed by atoms with Crippen molar-refractivity contribution in [2.45, 2.75) is 25.1 Å². The topological polar surface area (TPSA) is 48.1 Å². The Morgan fingerprint density at radius 3 is 2.47 bits per heavy atom. The van der Waals surface area contributed by atoms with Gasteiger partial charge in [0.2, 0.25) is 5.88 Å². The van der Waals surface area contributed by atoms with Gasteiger partial charge in [0.25, 0.3) is 0 Å². The smallest absolute Gasteiger partial charge is 0.389 e. The van der Waals surface area contributed by atoms with E-state index in [1.165, 1.54) is 13.3 Å². The highest BCUT2D eigenvalue weighted by Crippen LogP contribution is 2.26. The van der Waals surface area contributed by atoms with Crippen molar-refractivity contribution in [3.05, 3.63) is 23.9 Å². The van der Waals surface area contributed by atoms with Crippen LogP contribution in [0.1, 0.15) is 24.4 Å². The first-order valence-electron chi connectivity index (χ1n) is 4.74. The lowest BCUT2D eigenvalue weighted by molar-refractivity contribution is -0.136. The Kier molecular flexibility index (Phi) is 6.26. The summed E-state index contributed by atoms with van der Waals surface area (Å²) in [6, 6.07) is 2.54. The second-order valence-corrected chi connectivity index (χ2v) is 3.39. The van der Waals surface area contributed by atoms with E-state index in [0.717, 1.165) is 0 Å². The van der Waals surface area contributed by atoms with E-state index in [4.69, 9.17) is 10.5 Å². The van der Waals surface area contributed by atoms with Crippen LogP contribution in [-0.2, 0) is 0 Å². The van der Waals surface area contributed by atoms with Crippen molar-refractivity contribution >= 4 is 12.4 Å². The van der Waals surface area contributed by atoms with Crippen molar-refractivity contribution in [3.63, 3.8) is 0 Å². The first-order chi connectivity index (χ1) is 7.42. The quantitative estimate of drug-likeness (QED) is 0.915.